The van der Waals surface area contributed by atoms with Gasteiger partial charge in [0, 0.05) is 12.8 Å². The molecule has 0 aliphatic rings. The Kier molecular flexibility index (Phi) is 5.34. The average Bonchev–Trinajstić information content (AvgIpc) is 2.26. The first-order valence-electron chi connectivity index (χ1n) is 5.59. The number of hydrogen-bond acceptors (Lipinski definition) is 2. The number of hydrogen-bond donors (Lipinski definition) is 0. The fraction of sp³-hybridized carbons (Fsp3) is 0.462. The van der Waals surface area contributed by atoms with E-state index in [9.17, 15) is 18.0 Å². The maximum atomic E-state index is 11.8. The van der Waals surface area contributed by atoms with E-state index in [0.29, 0.717) is 0 Å². The molecule has 0 spiro atoms. The van der Waals surface area contributed by atoms with Crippen molar-refractivity contribution in [2.75, 3.05) is 13.2 Å². The topological polar surface area (TPSA) is 26.3 Å². The zero-order chi connectivity index (χ0) is 13.6. The molecule has 2 nitrogen and oxygen atoms in total. The van der Waals surface area contributed by atoms with Gasteiger partial charge in [0.15, 0.2) is 0 Å². The molecule has 0 fully saturated rings. The van der Waals surface area contributed by atoms with E-state index >= 15 is 0 Å². The summed E-state index contributed by atoms with van der Waals surface area (Å²) in [6.07, 6.45) is -4.09. The Hall–Kier alpha value is -1.36. The van der Waals surface area contributed by atoms with E-state index in [4.69, 9.17) is 0 Å². The van der Waals surface area contributed by atoms with E-state index < -0.39 is 12.8 Å². The molecular formula is C13H15F3O2. The van der Waals surface area contributed by atoms with Gasteiger partial charge in [-0.25, -0.2) is 0 Å². The van der Waals surface area contributed by atoms with Crippen LogP contribution in [0.4, 0.5) is 13.2 Å². The van der Waals surface area contributed by atoms with Crippen LogP contribution in [-0.2, 0) is 16.0 Å². The van der Waals surface area contributed by atoms with Crippen molar-refractivity contribution >= 4 is 5.78 Å². The zero-order valence-corrected chi connectivity index (χ0v) is 10.1. The summed E-state index contributed by atoms with van der Waals surface area (Å²) in [5.41, 5.74) is 1.90. The largest absolute Gasteiger partial charge is 0.411 e. The highest BCUT2D eigenvalue weighted by Crippen LogP contribution is 2.14. The van der Waals surface area contributed by atoms with Gasteiger partial charge in [0.25, 0.3) is 0 Å². The first-order valence-corrected chi connectivity index (χ1v) is 5.59. The van der Waals surface area contributed by atoms with Crippen molar-refractivity contribution in [1.29, 1.82) is 0 Å². The van der Waals surface area contributed by atoms with E-state index in [1.54, 1.807) is 0 Å². The van der Waals surface area contributed by atoms with Crippen molar-refractivity contribution < 1.29 is 22.7 Å². The highest BCUT2D eigenvalue weighted by Gasteiger charge is 2.27. The van der Waals surface area contributed by atoms with E-state index in [2.05, 4.69) is 4.74 Å². The number of ether oxygens (including phenoxy) is 1. The number of halogens is 3. The fourth-order valence-electron chi connectivity index (χ4n) is 1.48. The lowest BCUT2D eigenvalue weighted by Crippen LogP contribution is -2.18. The average molecular weight is 260 g/mol. The van der Waals surface area contributed by atoms with E-state index in [-0.39, 0.29) is 25.2 Å². The van der Waals surface area contributed by atoms with Crippen LogP contribution in [0.2, 0.25) is 0 Å². The molecule has 100 valence electrons. The molecule has 18 heavy (non-hydrogen) atoms. The van der Waals surface area contributed by atoms with Gasteiger partial charge in [0.05, 0.1) is 6.61 Å². The third kappa shape index (κ3) is 5.82. The first-order chi connectivity index (χ1) is 8.38. The predicted molar refractivity (Wildman–Crippen MR) is 61.4 cm³/mol. The molecule has 0 aliphatic heterocycles. The minimum absolute atomic E-state index is 0.00438. The van der Waals surface area contributed by atoms with Crippen molar-refractivity contribution in [3.05, 3.63) is 35.4 Å². The lowest BCUT2D eigenvalue weighted by molar-refractivity contribution is -0.174. The molecule has 0 aromatic heterocycles. The summed E-state index contributed by atoms with van der Waals surface area (Å²) in [4.78, 5) is 11.5. The van der Waals surface area contributed by atoms with Crippen molar-refractivity contribution in [3.63, 3.8) is 0 Å². The number of rotatable bonds is 6. The van der Waals surface area contributed by atoms with Gasteiger partial charge in [-0.2, -0.15) is 13.2 Å². The van der Waals surface area contributed by atoms with Gasteiger partial charge in [-0.3, -0.25) is 4.79 Å². The van der Waals surface area contributed by atoms with E-state index in [1.807, 2.05) is 31.2 Å². The van der Waals surface area contributed by atoms with Crippen molar-refractivity contribution in [2.24, 2.45) is 0 Å². The van der Waals surface area contributed by atoms with Crippen LogP contribution in [0.25, 0.3) is 0 Å². The van der Waals surface area contributed by atoms with Crippen molar-refractivity contribution in [3.8, 4) is 0 Å². The summed E-state index contributed by atoms with van der Waals surface area (Å²) in [5, 5.41) is 0. The van der Waals surface area contributed by atoms with E-state index in [1.165, 1.54) is 0 Å². The first kappa shape index (κ1) is 14.7. The number of benzene rings is 1. The number of carbonyl (C=O) groups is 1. The monoisotopic (exact) mass is 260 g/mol. The Balaban J connectivity index is 2.29. The Labute approximate surface area is 104 Å². The third-order valence-corrected chi connectivity index (χ3v) is 2.44. The number of aryl methyl sites for hydroxylation is 1. The molecule has 0 unspecified atom stereocenters. The van der Waals surface area contributed by atoms with Crippen LogP contribution >= 0.6 is 0 Å². The highest BCUT2D eigenvalue weighted by molar-refractivity contribution is 5.81. The second-order valence-electron chi connectivity index (χ2n) is 4.06. The van der Waals surface area contributed by atoms with Crippen LogP contribution in [0.3, 0.4) is 0 Å². The molecule has 0 saturated carbocycles. The number of Topliss-reactive ketones (excluding diaryl/α,β-unsaturated/α-hetero) is 1. The molecule has 0 saturated heterocycles. The zero-order valence-electron chi connectivity index (χ0n) is 10.1. The molecule has 5 heteroatoms. The van der Waals surface area contributed by atoms with Gasteiger partial charge in [0.1, 0.15) is 12.4 Å². The normalized spacial score (nSPS) is 11.6. The van der Waals surface area contributed by atoms with Crippen LogP contribution < -0.4 is 0 Å². The molecule has 1 aromatic carbocycles. The Morgan fingerprint density at radius 2 is 1.94 bits per heavy atom. The number of ketones is 1. The smallest absolute Gasteiger partial charge is 0.372 e. The molecule has 0 bridgehead atoms. The molecule has 0 amide bonds. The fourth-order valence-corrected chi connectivity index (χ4v) is 1.48. The minimum Gasteiger partial charge on any atom is -0.372 e. The molecule has 0 N–H and O–H groups in total. The Morgan fingerprint density at radius 3 is 2.56 bits per heavy atom. The van der Waals surface area contributed by atoms with Crippen molar-refractivity contribution in [1.82, 2.24) is 0 Å². The lowest BCUT2D eigenvalue weighted by Gasteiger charge is -2.07. The second kappa shape index (κ2) is 6.54. The molecule has 0 radical (unpaired) electrons. The Bertz CT molecular complexity index is 399. The minimum atomic E-state index is -4.33. The van der Waals surface area contributed by atoms with Crippen LogP contribution in [0.5, 0.6) is 0 Å². The third-order valence-electron chi connectivity index (χ3n) is 2.44. The van der Waals surface area contributed by atoms with Gasteiger partial charge >= 0.3 is 6.18 Å². The lowest BCUT2D eigenvalue weighted by atomic mass is 10.0. The van der Waals surface area contributed by atoms with Crippen molar-refractivity contribution in [2.45, 2.75) is 25.9 Å². The summed E-state index contributed by atoms with van der Waals surface area (Å²) in [7, 11) is 0. The standard InChI is InChI=1S/C13H15F3O2/c1-10-4-2-3-5-11(10)8-12(17)6-7-18-9-13(14,15)16/h2-5H,6-9H2,1H3. The maximum Gasteiger partial charge on any atom is 0.411 e. The van der Waals surface area contributed by atoms with E-state index in [0.717, 1.165) is 11.1 Å². The summed E-state index contributed by atoms with van der Waals surface area (Å²) in [6, 6.07) is 7.43. The SMILES string of the molecule is Cc1ccccc1CC(=O)CCOCC(F)(F)F. The second-order valence-corrected chi connectivity index (χ2v) is 4.06. The summed E-state index contributed by atoms with van der Waals surface area (Å²) in [6.45, 7) is 0.400. The summed E-state index contributed by atoms with van der Waals surface area (Å²) in [5.74, 6) is -0.119. The molecule has 0 atom stereocenters. The van der Waals surface area contributed by atoms with Gasteiger partial charge in [0.2, 0.25) is 0 Å². The quantitative estimate of drug-likeness (QED) is 0.735. The van der Waals surface area contributed by atoms with Gasteiger partial charge < -0.3 is 4.74 Å². The summed E-state index contributed by atoms with van der Waals surface area (Å²) >= 11 is 0. The molecule has 1 aromatic rings. The Morgan fingerprint density at radius 1 is 1.28 bits per heavy atom. The maximum absolute atomic E-state index is 11.8. The number of carbonyl (C=O) groups excluding carboxylic acids is 1. The van der Waals surface area contributed by atoms with Crippen LogP contribution in [0.1, 0.15) is 17.5 Å². The number of alkyl halides is 3. The molecular weight excluding hydrogens is 245 g/mol. The molecule has 0 aliphatic carbocycles. The van der Waals surface area contributed by atoms with Crippen LogP contribution in [-0.4, -0.2) is 25.2 Å². The predicted octanol–water partition coefficient (Wildman–Crippen LogP) is 3.08. The van der Waals surface area contributed by atoms with Crippen LogP contribution in [0.15, 0.2) is 24.3 Å². The molecule has 0 heterocycles. The van der Waals surface area contributed by atoms with Crippen LogP contribution in [0, 0.1) is 6.92 Å². The van der Waals surface area contributed by atoms with Gasteiger partial charge in [-0.1, -0.05) is 24.3 Å². The van der Waals surface area contributed by atoms with Gasteiger partial charge in [-0.15, -0.1) is 0 Å². The molecule has 1 rings (SSSR count). The van der Waals surface area contributed by atoms with Gasteiger partial charge in [-0.05, 0) is 18.1 Å². The highest BCUT2D eigenvalue weighted by atomic mass is 19.4. The summed E-state index contributed by atoms with van der Waals surface area (Å²) < 4.78 is 39.7.